The second-order valence-electron chi connectivity index (χ2n) is 6.90. The number of ether oxygens (including phenoxy) is 3. The molecule has 2 N–H and O–H groups in total. The normalized spacial score (nSPS) is 21.7. The van der Waals surface area contributed by atoms with Gasteiger partial charge in [0.2, 0.25) is 6.29 Å². The molecule has 1 aliphatic heterocycles. The number of aliphatic hydroxyl groups is 1. The molecule has 1 aromatic rings. The minimum Gasteiger partial charge on any atom is -0.459 e. The number of nitrogens with one attached hydrogen (secondary N) is 1. The van der Waals surface area contributed by atoms with E-state index in [2.05, 4.69) is 5.32 Å². The SMILES string of the molecule is CCO[C@H]1OC(C(=O)NCCOC)=C[C@@H](c2ccc(C(F)(F)F)cc2)[C@@H]1CCCO. The second kappa shape index (κ2) is 11.3. The Morgan fingerprint density at radius 2 is 1.97 bits per heavy atom. The van der Waals surface area contributed by atoms with Crippen LogP contribution in [0, 0.1) is 5.92 Å². The van der Waals surface area contributed by atoms with Crippen molar-refractivity contribution >= 4 is 5.91 Å². The third-order valence-electron chi connectivity index (χ3n) is 4.85. The van der Waals surface area contributed by atoms with E-state index in [1.165, 1.54) is 19.2 Å². The summed E-state index contributed by atoms with van der Waals surface area (Å²) in [6.07, 6.45) is -2.59. The summed E-state index contributed by atoms with van der Waals surface area (Å²) in [5.74, 6) is -1.08. The highest BCUT2D eigenvalue weighted by Crippen LogP contribution is 2.40. The number of hydrogen-bond donors (Lipinski definition) is 2. The summed E-state index contributed by atoms with van der Waals surface area (Å²) in [7, 11) is 1.51. The van der Waals surface area contributed by atoms with Gasteiger partial charge in [-0.15, -0.1) is 0 Å². The minimum absolute atomic E-state index is 0.0385. The largest absolute Gasteiger partial charge is 0.459 e. The first kappa shape index (κ1) is 24.2. The summed E-state index contributed by atoms with van der Waals surface area (Å²) in [5, 5.41) is 11.9. The Bertz CT molecular complexity index is 706. The molecule has 30 heavy (non-hydrogen) atoms. The van der Waals surface area contributed by atoms with Gasteiger partial charge in [0.25, 0.3) is 5.91 Å². The highest BCUT2D eigenvalue weighted by atomic mass is 19.4. The Hall–Kier alpha value is -2.10. The lowest BCUT2D eigenvalue weighted by atomic mass is 9.80. The summed E-state index contributed by atoms with van der Waals surface area (Å²) >= 11 is 0. The van der Waals surface area contributed by atoms with Crippen LogP contribution in [0.25, 0.3) is 0 Å². The van der Waals surface area contributed by atoms with Crippen molar-refractivity contribution in [3.63, 3.8) is 0 Å². The highest BCUT2D eigenvalue weighted by Gasteiger charge is 2.38. The number of aliphatic hydroxyl groups excluding tert-OH is 1. The molecule has 1 aromatic carbocycles. The quantitative estimate of drug-likeness (QED) is 0.557. The van der Waals surface area contributed by atoms with Crippen molar-refractivity contribution in [1.82, 2.24) is 5.32 Å². The van der Waals surface area contributed by atoms with E-state index in [1.807, 2.05) is 0 Å². The van der Waals surface area contributed by atoms with Gasteiger partial charge in [0, 0.05) is 38.7 Å². The molecule has 3 atom stereocenters. The van der Waals surface area contributed by atoms with Crippen LogP contribution in [0.3, 0.4) is 0 Å². The van der Waals surface area contributed by atoms with Gasteiger partial charge >= 0.3 is 6.18 Å². The lowest BCUT2D eigenvalue weighted by Crippen LogP contribution is -2.39. The first-order chi connectivity index (χ1) is 14.3. The van der Waals surface area contributed by atoms with Crippen molar-refractivity contribution in [3.8, 4) is 0 Å². The maximum absolute atomic E-state index is 12.9. The van der Waals surface area contributed by atoms with Crippen LogP contribution in [0.5, 0.6) is 0 Å². The van der Waals surface area contributed by atoms with Crippen molar-refractivity contribution in [2.24, 2.45) is 5.92 Å². The van der Waals surface area contributed by atoms with Crippen molar-refractivity contribution in [1.29, 1.82) is 0 Å². The highest BCUT2D eigenvalue weighted by molar-refractivity contribution is 5.91. The van der Waals surface area contributed by atoms with E-state index in [9.17, 15) is 23.1 Å². The number of methoxy groups -OCH3 is 1. The van der Waals surface area contributed by atoms with Gasteiger partial charge in [0.05, 0.1) is 12.2 Å². The van der Waals surface area contributed by atoms with E-state index in [-0.39, 0.29) is 24.8 Å². The number of benzene rings is 1. The van der Waals surface area contributed by atoms with Gasteiger partial charge in [-0.25, -0.2) is 0 Å². The van der Waals surface area contributed by atoms with E-state index >= 15 is 0 Å². The van der Waals surface area contributed by atoms with E-state index in [0.29, 0.717) is 31.6 Å². The molecule has 0 saturated heterocycles. The zero-order valence-corrected chi connectivity index (χ0v) is 17.1. The molecule has 0 radical (unpaired) electrons. The zero-order chi connectivity index (χ0) is 22.1. The number of carbonyl (C=O) groups is 1. The molecule has 6 nitrogen and oxygen atoms in total. The van der Waals surface area contributed by atoms with Crippen LogP contribution < -0.4 is 5.32 Å². The molecule has 0 aromatic heterocycles. The van der Waals surface area contributed by atoms with Gasteiger partial charge in [-0.1, -0.05) is 12.1 Å². The van der Waals surface area contributed by atoms with Crippen LogP contribution in [0.4, 0.5) is 13.2 Å². The second-order valence-corrected chi connectivity index (χ2v) is 6.90. The number of allylic oxidation sites excluding steroid dienone is 1. The van der Waals surface area contributed by atoms with Crippen LogP contribution in [0.15, 0.2) is 36.1 Å². The maximum Gasteiger partial charge on any atom is 0.416 e. The third kappa shape index (κ3) is 6.45. The number of carbonyl (C=O) groups excluding carboxylic acids is 1. The molecule has 0 fully saturated rings. The molecule has 0 spiro atoms. The molecule has 9 heteroatoms. The predicted molar refractivity (Wildman–Crippen MR) is 103 cm³/mol. The van der Waals surface area contributed by atoms with Crippen LogP contribution in [-0.2, 0) is 25.2 Å². The van der Waals surface area contributed by atoms with Gasteiger partial charge in [-0.2, -0.15) is 13.2 Å². The van der Waals surface area contributed by atoms with Gasteiger partial charge < -0.3 is 24.6 Å². The molecular formula is C21H28F3NO5. The lowest BCUT2D eigenvalue weighted by Gasteiger charge is -2.37. The fourth-order valence-electron chi connectivity index (χ4n) is 3.39. The van der Waals surface area contributed by atoms with E-state index in [0.717, 1.165) is 12.1 Å². The first-order valence-corrected chi connectivity index (χ1v) is 9.87. The average molecular weight is 431 g/mol. The van der Waals surface area contributed by atoms with Crippen LogP contribution >= 0.6 is 0 Å². The zero-order valence-electron chi connectivity index (χ0n) is 17.1. The topological polar surface area (TPSA) is 77.0 Å². The van der Waals surface area contributed by atoms with Crippen LogP contribution in [0.2, 0.25) is 0 Å². The molecule has 1 heterocycles. The Morgan fingerprint density at radius 3 is 2.53 bits per heavy atom. The standard InChI is InChI=1S/C21H28F3NO5/c1-3-29-20-16(5-4-11-26)17(13-18(30-20)19(27)25-10-12-28-2)14-6-8-15(9-7-14)21(22,23)24/h6-9,13,16-17,20,26H,3-5,10-12H2,1-2H3,(H,25,27)/t16-,17-,20-/m0/s1. The number of halogens is 3. The fourth-order valence-corrected chi connectivity index (χ4v) is 3.39. The molecule has 0 saturated carbocycles. The number of amides is 1. The van der Waals surface area contributed by atoms with Gasteiger partial charge in [0.15, 0.2) is 5.76 Å². The summed E-state index contributed by atoms with van der Waals surface area (Å²) < 4.78 is 55.2. The first-order valence-electron chi connectivity index (χ1n) is 9.87. The lowest BCUT2D eigenvalue weighted by molar-refractivity contribution is -0.166. The monoisotopic (exact) mass is 431 g/mol. The van der Waals surface area contributed by atoms with Crippen LogP contribution in [-0.4, -0.2) is 50.8 Å². The summed E-state index contributed by atoms with van der Waals surface area (Å²) in [4.78, 5) is 12.5. The minimum atomic E-state index is -4.43. The maximum atomic E-state index is 12.9. The van der Waals surface area contributed by atoms with Gasteiger partial charge in [-0.3, -0.25) is 4.79 Å². The van der Waals surface area contributed by atoms with Gasteiger partial charge in [0.1, 0.15) is 0 Å². The molecule has 0 bridgehead atoms. The van der Waals surface area contributed by atoms with E-state index in [4.69, 9.17) is 14.2 Å². The summed E-state index contributed by atoms with van der Waals surface area (Å²) in [6, 6.07) is 4.86. The Morgan fingerprint density at radius 1 is 1.27 bits per heavy atom. The fraction of sp³-hybridized carbons (Fsp3) is 0.571. The van der Waals surface area contributed by atoms with Gasteiger partial charge in [-0.05, 0) is 43.5 Å². The molecular weight excluding hydrogens is 403 g/mol. The smallest absolute Gasteiger partial charge is 0.416 e. The average Bonchev–Trinajstić information content (AvgIpc) is 2.72. The van der Waals surface area contributed by atoms with Crippen molar-refractivity contribution in [2.45, 2.75) is 38.1 Å². The summed E-state index contributed by atoms with van der Waals surface area (Å²) in [6.45, 7) is 2.70. The predicted octanol–water partition coefficient (Wildman–Crippen LogP) is 3.22. The summed E-state index contributed by atoms with van der Waals surface area (Å²) in [5.41, 5.74) is -0.130. The Balaban J connectivity index is 2.36. The number of hydrogen-bond acceptors (Lipinski definition) is 5. The molecule has 0 aliphatic carbocycles. The van der Waals surface area contributed by atoms with Crippen molar-refractivity contribution in [3.05, 3.63) is 47.2 Å². The molecule has 2 rings (SSSR count). The molecule has 1 amide bonds. The van der Waals surface area contributed by atoms with E-state index in [1.54, 1.807) is 13.0 Å². The Kier molecular flexibility index (Phi) is 9.13. The van der Waals surface area contributed by atoms with Crippen molar-refractivity contribution < 1.29 is 37.3 Å². The molecule has 1 aliphatic rings. The molecule has 168 valence electrons. The number of rotatable bonds is 10. The van der Waals surface area contributed by atoms with Crippen LogP contribution in [0.1, 0.15) is 36.8 Å². The van der Waals surface area contributed by atoms with Crippen molar-refractivity contribution in [2.75, 3.05) is 33.5 Å². The Labute approximate surface area is 174 Å². The van der Waals surface area contributed by atoms with E-state index < -0.39 is 29.9 Å². The number of alkyl halides is 3. The molecule has 0 unspecified atom stereocenters. The third-order valence-corrected chi connectivity index (χ3v) is 4.85.